The summed E-state index contributed by atoms with van der Waals surface area (Å²) in [6.07, 6.45) is 2.99. The highest BCUT2D eigenvalue weighted by atomic mass is 16.4. The van der Waals surface area contributed by atoms with Crippen molar-refractivity contribution in [2.45, 2.75) is 38.0 Å². The van der Waals surface area contributed by atoms with Crippen LogP contribution in [0.2, 0.25) is 0 Å². The van der Waals surface area contributed by atoms with E-state index in [9.17, 15) is 9.90 Å². The summed E-state index contributed by atoms with van der Waals surface area (Å²) in [5.41, 5.74) is 2.26. The van der Waals surface area contributed by atoms with Crippen LogP contribution in [0.3, 0.4) is 0 Å². The molecule has 2 rings (SSSR count). The van der Waals surface area contributed by atoms with Crippen LogP contribution >= 0.6 is 0 Å². The van der Waals surface area contributed by atoms with Crippen LogP contribution in [0.15, 0.2) is 24.3 Å². The summed E-state index contributed by atoms with van der Waals surface area (Å²) in [4.78, 5) is 13.6. The first-order valence-corrected chi connectivity index (χ1v) is 7.13. The first-order chi connectivity index (χ1) is 9.11. The Balaban J connectivity index is 2.17. The molecule has 1 aliphatic heterocycles. The Morgan fingerprint density at radius 3 is 2.68 bits per heavy atom. The van der Waals surface area contributed by atoms with Crippen molar-refractivity contribution in [2.75, 3.05) is 20.1 Å². The van der Waals surface area contributed by atoms with Crippen molar-refractivity contribution in [1.82, 2.24) is 4.90 Å². The number of nitrogens with zero attached hydrogens (tertiary/aromatic N) is 1. The second kappa shape index (κ2) is 6.20. The molecule has 1 aliphatic rings. The predicted octanol–water partition coefficient (Wildman–Crippen LogP) is 3.07. The summed E-state index contributed by atoms with van der Waals surface area (Å²) in [5, 5.41) is 9.26. The van der Waals surface area contributed by atoms with Crippen molar-refractivity contribution in [1.29, 1.82) is 0 Å². The smallest absolute Gasteiger partial charge is 0.310 e. The lowest BCUT2D eigenvalue weighted by atomic mass is 9.86. The maximum absolute atomic E-state index is 11.3. The molecule has 104 valence electrons. The summed E-state index contributed by atoms with van der Waals surface area (Å²) in [5.74, 6) is -0.503. The van der Waals surface area contributed by atoms with Gasteiger partial charge in [-0.1, -0.05) is 31.2 Å². The Hall–Kier alpha value is -1.35. The molecule has 0 aliphatic carbocycles. The Labute approximate surface area is 115 Å². The van der Waals surface area contributed by atoms with Gasteiger partial charge in [-0.3, -0.25) is 4.79 Å². The molecule has 19 heavy (non-hydrogen) atoms. The van der Waals surface area contributed by atoms with E-state index >= 15 is 0 Å². The number of piperidine rings is 1. The van der Waals surface area contributed by atoms with E-state index in [1.165, 1.54) is 18.4 Å². The number of likely N-dealkylation sites (tertiary alicyclic amines) is 1. The van der Waals surface area contributed by atoms with Crippen molar-refractivity contribution < 1.29 is 9.90 Å². The molecule has 3 heteroatoms. The van der Waals surface area contributed by atoms with Gasteiger partial charge in [-0.15, -0.1) is 0 Å². The summed E-state index contributed by atoms with van der Waals surface area (Å²) in [6, 6.07) is 8.21. The van der Waals surface area contributed by atoms with Gasteiger partial charge in [0.25, 0.3) is 0 Å². The molecule has 1 unspecified atom stereocenters. The summed E-state index contributed by atoms with van der Waals surface area (Å²) >= 11 is 0. The first-order valence-electron chi connectivity index (χ1n) is 7.13. The van der Waals surface area contributed by atoms with E-state index in [2.05, 4.69) is 24.1 Å². The molecule has 1 aromatic rings. The van der Waals surface area contributed by atoms with Crippen LogP contribution in [0.25, 0.3) is 0 Å². The third-order valence-corrected chi connectivity index (χ3v) is 4.21. The molecular formula is C16H23NO2. The normalized spacial score (nSPS) is 19.3. The van der Waals surface area contributed by atoms with E-state index in [-0.39, 0.29) is 5.92 Å². The minimum atomic E-state index is -0.719. The fraction of sp³-hybridized carbons (Fsp3) is 0.562. The number of aliphatic carboxylic acids is 1. The van der Waals surface area contributed by atoms with Crippen LogP contribution in [0.1, 0.15) is 49.1 Å². The number of carboxylic acids is 1. The Morgan fingerprint density at radius 1 is 1.42 bits per heavy atom. The minimum Gasteiger partial charge on any atom is -0.481 e. The van der Waals surface area contributed by atoms with Gasteiger partial charge in [0.1, 0.15) is 0 Å². The summed E-state index contributed by atoms with van der Waals surface area (Å²) in [7, 11) is 2.16. The lowest BCUT2D eigenvalue weighted by Crippen LogP contribution is -2.29. The topological polar surface area (TPSA) is 40.5 Å². The standard InChI is InChI=1S/C16H23NO2/c1-3-15(16(18)19)14-6-4-5-13(11-14)12-7-9-17(2)10-8-12/h4-6,11-12,15H,3,7-10H2,1-2H3,(H,18,19). The van der Waals surface area contributed by atoms with E-state index in [1.54, 1.807) is 0 Å². The number of hydrogen-bond acceptors (Lipinski definition) is 2. The summed E-state index contributed by atoms with van der Waals surface area (Å²) < 4.78 is 0. The number of hydrogen-bond donors (Lipinski definition) is 1. The van der Waals surface area contributed by atoms with E-state index in [0.29, 0.717) is 12.3 Å². The maximum atomic E-state index is 11.3. The van der Waals surface area contributed by atoms with E-state index in [1.807, 2.05) is 19.1 Å². The highest BCUT2D eigenvalue weighted by Gasteiger charge is 2.21. The van der Waals surface area contributed by atoms with Gasteiger partial charge in [-0.25, -0.2) is 0 Å². The van der Waals surface area contributed by atoms with Crippen LogP contribution in [-0.2, 0) is 4.79 Å². The quantitative estimate of drug-likeness (QED) is 0.905. The monoisotopic (exact) mass is 261 g/mol. The van der Waals surface area contributed by atoms with E-state index in [0.717, 1.165) is 18.7 Å². The molecule has 1 saturated heterocycles. The number of carboxylic acid groups (broad SMARTS) is 1. The first kappa shape index (κ1) is 14.1. The molecule has 1 aromatic carbocycles. The van der Waals surface area contributed by atoms with Gasteiger partial charge in [0.2, 0.25) is 0 Å². The average molecular weight is 261 g/mol. The molecule has 0 bridgehead atoms. The number of rotatable bonds is 4. The largest absolute Gasteiger partial charge is 0.481 e. The number of benzene rings is 1. The molecule has 1 atom stereocenters. The SMILES string of the molecule is CCC(C(=O)O)c1cccc(C2CCN(C)CC2)c1. The van der Waals surface area contributed by atoms with E-state index in [4.69, 9.17) is 0 Å². The maximum Gasteiger partial charge on any atom is 0.310 e. The van der Waals surface area contributed by atoms with Gasteiger partial charge in [0.15, 0.2) is 0 Å². The fourth-order valence-electron chi connectivity index (χ4n) is 2.92. The van der Waals surface area contributed by atoms with Gasteiger partial charge in [0, 0.05) is 0 Å². The van der Waals surface area contributed by atoms with Crippen LogP contribution in [0.4, 0.5) is 0 Å². The number of carbonyl (C=O) groups is 1. The van der Waals surface area contributed by atoms with Crippen molar-refractivity contribution in [3.8, 4) is 0 Å². The molecule has 0 aromatic heterocycles. The zero-order chi connectivity index (χ0) is 13.8. The van der Waals surface area contributed by atoms with Gasteiger partial charge in [-0.2, -0.15) is 0 Å². The van der Waals surface area contributed by atoms with Crippen LogP contribution < -0.4 is 0 Å². The third-order valence-electron chi connectivity index (χ3n) is 4.21. The van der Waals surface area contributed by atoms with Gasteiger partial charge < -0.3 is 10.0 Å². The van der Waals surface area contributed by atoms with E-state index < -0.39 is 5.97 Å². The molecule has 0 radical (unpaired) electrons. The average Bonchev–Trinajstić information content (AvgIpc) is 2.40. The van der Waals surface area contributed by atoms with Gasteiger partial charge in [0.05, 0.1) is 5.92 Å². The highest BCUT2D eigenvalue weighted by Crippen LogP contribution is 2.30. The lowest BCUT2D eigenvalue weighted by Gasteiger charge is -2.29. The van der Waals surface area contributed by atoms with Crippen LogP contribution in [0.5, 0.6) is 0 Å². The highest BCUT2D eigenvalue weighted by molar-refractivity contribution is 5.76. The fourth-order valence-corrected chi connectivity index (χ4v) is 2.92. The Morgan fingerprint density at radius 2 is 2.11 bits per heavy atom. The molecule has 1 fully saturated rings. The molecule has 0 amide bonds. The molecule has 0 saturated carbocycles. The molecule has 1 heterocycles. The van der Waals surface area contributed by atoms with Crippen LogP contribution in [0, 0.1) is 0 Å². The van der Waals surface area contributed by atoms with Crippen LogP contribution in [-0.4, -0.2) is 36.1 Å². The van der Waals surface area contributed by atoms with Gasteiger partial charge in [-0.05, 0) is 56.4 Å². The Bertz CT molecular complexity index is 436. The molecule has 0 spiro atoms. The molecule has 1 N–H and O–H groups in total. The molecular weight excluding hydrogens is 238 g/mol. The third kappa shape index (κ3) is 3.35. The van der Waals surface area contributed by atoms with Crippen molar-refractivity contribution in [2.24, 2.45) is 0 Å². The van der Waals surface area contributed by atoms with Crippen molar-refractivity contribution in [3.63, 3.8) is 0 Å². The Kier molecular flexibility index (Phi) is 4.59. The van der Waals surface area contributed by atoms with Crippen molar-refractivity contribution in [3.05, 3.63) is 35.4 Å². The second-order valence-corrected chi connectivity index (χ2v) is 5.55. The zero-order valence-electron chi connectivity index (χ0n) is 11.8. The second-order valence-electron chi connectivity index (χ2n) is 5.55. The van der Waals surface area contributed by atoms with Crippen molar-refractivity contribution >= 4 is 5.97 Å². The minimum absolute atomic E-state index is 0.369. The predicted molar refractivity (Wildman–Crippen MR) is 76.6 cm³/mol. The van der Waals surface area contributed by atoms with Gasteiger partial charge >= 0.3 is 5.97 Å². The molecule has 3 nitrogen and oxygen atoms in total. The lowest BCUT2D eigenvalue weighted by molar-refractivity contribution is -0.138. The zero-order valence-corrected chi connectivity index (χ0v) is 11.8. The summed E-state index contributed by atoms with van der Waals surface area (Å²) in [6.45, 7) is 4.19.